The topological polar surface area (TPSA) is 47.4 Å². The van der Waals surface area contributed by atoms with E-state index < -0.39 is 18.7 Å². The summed E-state index contributed by atoms with van der Waals surface area (Å²) in [5, 5.41) is 4.31. The monoisotopic (exact) mass is 367 g/mol. The molecular weight excluding hydrogens is 347 g/mol. The second kappa shape index (κ2) is 6.26. The summed E-state index contributed by atoms with van der Waals surface area (Å²) in [4.78, 5) is 15.0. The van der Waals surface area contributed by atoms with Crippen LogP contribution in [0.25, 0.3) is 10.9 Å². The summed E-state index contributed by atoms with van der Waals surface area (Å²) in [5.74, 6) is -0.643. The van der Waals surface area contributed by atoms with Gasteiger partial charge in [-0.25, -0.2) is 4.79 Å². The first-order valence-corrected chi connectivity index (χ1v) is 8.77. The molecule has 1 unspecified atom stereocenters. The number of aromatic nitrogens is 2. The van der Waals surface area contributed by atoms with Crippen LogP contribution in [0, 0.1) is 0 Å². The van der Waals surface area contributed by atoms with Crippen molar-refractivity contribution in [1.29, 1.82) is 0 Å². The SMILES string of the molecule is CN1[C@@H]2CC[C@H]1CC(OC(=O)c1nn(CC(F)(F)F)c3ccccc13)C2. The Kier molecular flexibility index (Phi) is 4.17. The van der Waals surface area contributed by atoms with E-state index in [0.29, 0.717) is 17.5 Å². The summed E-state index contributed by atoms with van der Waals surface area (Å²) < 4.78 is 44.9. The molecule has 0 saturated carbocycles. The van der Waals surface area contributed by atoms with E-state index in [2.05, 4.69) is 17.0 Å². The molecular formula is C18H20F3N3O2. The first kappa shape index (κ1) is 17.3. The molecule has 0 N–H and O–H groups in total. The van der Waals surface area contributed by atoms with E-state index in [-0.39, 0.29) is 17.3 Å². The van der Waals surface area contributed by atoms with E-state index in [9.17, 15) is 18.0 Å². The van der Waals surface area contributed by atoms with Gasteiger partial charge in [-0.3, -0.25) is 4.68 Å². The minimum absolute atomic E-state index is 0.0453. The van der Waals surface area contributed by atoms with E-state index in [1.54, 1.807) is 18.2 Å². The maximum atomic E-state index is 12.8. The third-order valence-corrected chi connectivity index (χ3v) is 5.51. The molecule has 0 radical (unpaired) electrons. The summed E-state index contributed by atoms with van der Waals surface area (Å²) in [6.07, 6.45) is -0.901. The van der Waals surface area contributed by atoms with Crippen LogP contribution in [-0.2, 0) is 11.3 Å². The van der Waals surface area contributed by atoms with E-state index in [1.807, 2.05) is 0 Å². The van der Waals surface area contributed by atoms with Crippen molar-refractivity contribution in [3.05, 3.63) is 30.0 Å². The Balaban J connectivity index is 1.57. The second-order valence-electron chi connectivity index (χ2n) is 7.19. The molecule has 4 rings (SSSR count). The van der Waals surface area contributed by atoms with Gasteiger partial charge in [-0.15, -0.1) is 0 Å². The number of hydrogen-bond acceptors (Lipinski definition) is 4. The lowest BCUT2D eigenvalue weighted by atomic mass is 10.0. The predicted octanol–water partition coefficient (Wildman–Crippen LogP) is 3.38. The zero-order chi connectivity index (χ0) is 18.5. The van der Waals surface area contributed by atoms with Gasteiger partial charge >= 0.3 is 12.1 Å². The number of ether oxygens (including phenoxy) is 1. The number of esters is 1. The van der Waals surface area contributed by atoms with Crippen LogP contribution >= 0.6 is 0 Å². The van der Waals surface area contributed by atoms with Crippen LogP contribution in [0.3, 0.4) is 0 Å². The maximum Gasteiger partial charge on any atom is 0.408 e. The normalized spacial score (nSPS) is 26.4. The number of para-hydroxylation sites is 1. The molecule has 0 aliphatic carbocycles. The summed E-state index contributed by atoms with van der Waals surface area (Å²) in [6, 6.07) is 7.25. The standard InChI is InChI=1S/C18H20F3N3O2/c1-23-11-6-7-12(23)9-13(8-11)26-17(25)16-14-4-2-3-5-15(14)24(22-16)10-18(19,20)21/h2-5,11-13H,6-10H2,1H3/t11-,12+,13?. The fraction of sp³-hybridized carbons (Fsp3) is 0.556. The maximum absolute atomic E-state index is 12.8. The molecule has 140 valence electrons. The van der Waals surface area contributed by atoms with Crippen molar-refractivity contribution in [2.75, 3.05) is 7.05 Å². The molecule has 26 heavy (non-hydrogen) atoms. The highest BCUT2D eigenvalue weighted by atomic mass is 19.4. The molecule has 2 aromatic rings. The van der Waals surface area contributed by atoms with Crippen molar-refractivity contribution in [3.8, 4) is 0 Å². The van der Waals surface area contributed by atoms with Crippen LogP contribution < -0.4 is 0 Å². The number of rotatable bonds is 3. The Bertz CT molecular complexity index is 819. The molecule has 0 amide bonds. The number of alkyl halides is 3. The van der Waals surface area contributed by atoms with Crippen LogP contribution in [0.15, 0.2) is 24.3 Å². The molecule has 2 saturated heterocycles. The quantitative estimate of drug-likeness (QED) is 0.781. The average molecular weight is 367 g/mol. The van der Waals surface area contributed by atoms with Crippen molar-refractivity contribution < 1.29 is 22.7 Å². The molecule has 3 heterocycles. The van der Waals surface area contributed by atoms with Crippen molar-refractivity contribution in [2.45, 2.75) is 56.6 Å². The van der Waals surface area contributed by atoms with Gasteiger partial charge in [0.15, 0.2) is 5.69 Å². The van der Waals surface area contributed by atoms with Crippen molar-refractivity contribution >= 4 is 16.9 Å². The van der Waals surface area contributed by atoms with Crippen molar-refractivity contribution in [3.63, 3.8) is 0 Å². The molecule has 2 fully saturated rings. The summed E-state index contributed by atoms with van der Waals surface area (Å²) in [5.41, 5.74) is 0.233. The van der Waals surface area contributed by atoms with Crippen LogP contribution in [-0.4, -0.2) is 52.1 Å². The Morgan fingerprint density at radius 2 is 1.88 bits per heavy atom. The third kappa shape index (κ3) is 3.18. The van der Waals surface area contributed by atoms with Gasteiger partial charge in [-0.05, 0) is 26.0 Å². The van der Waals surface area contributed by atoms with E-state index >= 15 is 0 Å². The Morgan fingerprint density at radius 1 is 1.23 bits per heavy atom. The third-order valence-electron chi connectivity index (χ3n) is 5.51. The molecule has 5 nitrogen and oxygen atoms in total. The van der Waals surface area contributed by atoms with Gasteiger partial charge in [0.05, 0.1) is 5.52 Å². The lowest BCUT2D eigenvalue weighted by Crippen LogP contribution is -2.43. The molecule has 2 bridgehead atoms. The number of fused-ring (bicyclic) bond motifs is 3. The van der Waals surface area contributed by atoms with Crippen LogP contribution in [0.5, 0.6) is 0 Å². The fourth-order valence-electron chi connectivity index (χ4n) is 4.23. The zero-order valence-electron chi connectivity index (χ0n) is 14.4. The smallest absolute Gasteiger partial charge is 0.408 e. The van der Waals surface area contributed by atoms with Gasteiger partial charge in [-0.1, -0.05) is 18.2 Å². The van der Waals surface area contributed by atoms with Gasteiger partial charge < -0.3 is 9.64 Å². The minimum atomic E-state index is -4.41. The summed E-state index contributed by atoms with van der Waals surface area (Å²) >= 11 is 0. The number of hydrogen-bond donors (Lipinski definition) is 0. The van der Waals surface area contributed by atoms with Gasteiger partial charge in [0.25, 0.3) is 0 Å². The highest BCUT2D eigenvalue weighted by Crippen LogP contribution is 2.36. The van der Waals surface area contributed by atoms with E-state index in [0.717, 1.165) is 30.4 Å². The van der Waals surface area contributed by atoms with Crippen LogP contribution in [0.1, 0.15) is 36.2 Å². The number of nitrogens with zero attached hydrogens (tertiary/aromatic N) is 3. The van der Waals surface area contributed by atoms with Gasteiger partial charge in [0.1, 0.15) is 12.6 Å². The molecule has 8 heteroatoms. The number of piperidine rings is 1. The zero-order valence-corrected chi connectivity index (χ0v) is 14.4. The number of carbonyl (C=O) groups excluding carboxylic acids is 1. The van der Waals surface area contributed by atoms with Gasteiger partial charge in [0.2, 0.25) is 0 Å². The van der Waals surface area contributed by atoms with Crippen molar-refractivity contribution in [2.24, 2.45) is 0 Å². The highest BCUT2D eigenvalue weighted by molar-refractivity contribution is 6.02. The van der Waals surface area contributed by atoms with Crippen LogP contribution in [0.2, 0.25) is 0 Å². The molecule has 1 aromatic carbocycles. The Hall–Kier alpha value is -2.09. The van der Waals surface area contributed by atoms with Gasteiger partial charge in [-0.2, -0.15) is 18.3 Å². The van der Waals surface area contributed by atoms with Crippen LogP contribution in [0.4, 0.5) is 13.2 Å². The van der Waals surface area contributed by atoms with Crippen molar-refractivity contribution in [1.82, 2.24) is 14.7 Å². The molecule has 3 atom stereocenters. The number of benzene rings is 1. The predicted molar refractivity (Wildman–Crippen MR) is 88.8 cm³/mol. The first-order valence-electron chi connectivity index (χ1n) is 8.77. The fourth-order valence-corrected chi connectivity index (χ4v) is 4.23. The lowest BCUT2D eigenvalue weighted by Gasteiger charge is -2.35. The largest absolute Gasteiger partial charge is 0.457 e. The Morgan fingerprint density at radius 3 is 2.54 bits per heavy atom. The second-order valence-corrected chi connectivity index (χ2v) is 7.19. The average Bonchev–Trinajstić information content (AvgIpc) is 3.00. The Labute approximate surface area is 148 Å². The first-order chi connectivity index (χ1) is 12.3. The van der Waals surface area contributed by atoms with E-state index in [4.69, 9.17) is 4.74 Å². The number of carbonyl (C=O) groups is 1. The summed E-state index contributed by atoms with van der Waals surface area (Å²) in [7, 11) is 2.09. The molecule has 2 aliphatic rings. The highest BCUT2D eigenvalue weighted by Gasteiger charge is 2.40. The lowest BCUT2D eigenvalue weighted by molar-refractivity contribution is -0.141. The molecule has 1 aromatic heterocycles. The molecule has 0 spiro atoms. The molecule has 2 aliphatic heterocycles. The summed E-state index contributed by atoms with van der Waals surface area (Å²) in [6.45, 7) is -1.24. The minimum Gasteiger partial charge on any atom is -0.457 e. The van der Waals surface area contributed by atoms with Gasteiger partial charge in [0, 0.05) is 30.3 Å². The number of halogens is 3. The van der Waals surface area contributed by atoms with E-state index in [1.165, 1.54) is 6.07 Å².